The smallest absolute Gasteiger partial charge is 0.410 e. The van der Waals surface area contributed by atoms with Crippen LogP contribution in [0.3, 0.4) is 0 Å². The summed E-state index contributed by atoms with van der Waals surface area (Å²) in [6, 6.07) is 6.71. The Hall–Kier alpha value is -2.61. The number of benzene rings is 1. The lowest BCUT2D eigenvalue weighted by molar-refractivity contribution is 0.0303. The molecular formula is C18H21N3O5. The largest absolute Gasteiger partial charge is 0.447 e. The molecule has 3 heterocycles. The Labute approximate surface area is 151 Å². The first-order valence-electron chi connectivity index (χ1n) is 8.83. The molecule has 3 saturated heterocycles. The molecule has 1 unspecified atom stereocenters. The summed E-state index contributed by atoms with van der Waals surface area (Å²) in [7, 11) is 0. The minimum Gasteiger partial charge on any atom is -0.447 e. The molecule has 0 bridgehead atoms. The van der Waals surface area contributed by atoms with Crippen LogP contribution in [0.2, 0.25) is 0 Å². The number of nitrogens with zero attached hydrogens (tertiary/aromatic N) is 3. The fourth-order valence-electron chi connectivity index (χ4n) is 3.56. The van der Waals surface area contributed by atoms with Gasteiger partial charge in [0.05, 0.1) is 19.3 Å². The number of piperazine rings is 1. The van der Waals surface area contributed by atoms with E-state index in [9.17, 15) is 14.4 Å². The lowest BCUT2D eigenvalue weighted by Gasteiger charge is -2.35. The number of fused-ring (bicyclic) bond motifs is 1. The Morgan fingerprint density at radius 3 is 2.15 bits per heavy atom. The monoisotopic (exact) mass is 359 g/mol. The molecule has 1 aromatic carbocycles. The number of hydrogen-bond donors (Lipinski definition) is 0. The summed E-state index contributed by atoms with van der Waals surface area (Å²) in [5, 5.41) is 0. The zero-order chi connectivity index (χ0) is 18.1. The fraction of sp³-hybridized carbons (Fsp3) is 0.500. The molecule has 0 saturated carbocycles. The highest BCUT2D eigenvalue weighted by atomic mass is 16.6. The SMILES string of the molecule is O=C(c1ccc(C(=O)N2CCN3C(=O)OCC3C2)cc1)N1CCOCC1. The van der Waals surface area contributed by atoms with Crippen LogP contribution in [-0.2, 0) is 9.47 Å². The molecule has 3 aliphatic rings. The van der Waals surface area contributed by atoms with Crippen molar-refractivity contribution in [2.75, 3.05) is 52.5 Å². The van der Waals surface area contributed by atoms with Gasteiger partial charge in [-0.3, -0.25) is 14.5 Å². The Bertz CT molecular complexity index is 714. The molecule has 3 amide bonds. The van der Waals surface area contributed by atoms with E-state index in [1.54, 1.807) is 39.0 Å². The van der Waals surface area contributed by atoms with Crippen molar-refractivity contribution in [3.8, 4) is 0 Å². The molecule has 0 aromatic heterocycles. The molecule has 0 radical (unpaired) electrons. The second-order valence-corrected chi connectivity index (χ2v) is 6.66. The Kier molecular flexibility index (Phi) is 4.50. The number of hydrogen-bond acceptors (Lipinski definition) is 5. The number of carbonyl (C=O) groups is 3. The molecule has 1 aromatic rings. The zero-order valence-corrected chi connectivity index (χ0v) is 14.4. The molecule has 8 heteroatoms. The van der Waals surface area contributed by atoms with Crippen LogP contribution in [0.4, 0.5) is 4.79 Å². The van der Waals surface area contributed by atoms with Gasteiger partial charge in [0.15, 0.2) is 0 Å². The molecule has 3 fully saturated rings. The molecule has 0 spiro atoms. The number of cyclic esters (lactones) is 1. The molecular weight excluding hydrogens is 338 g/mol. The van der Waals surface area contributed by atoms with Crippen molar-refractivity contribution in [3.05, 3.63) is 35.4 Å². The van der Waals surface area contributed by atoms with Crippen LogP contribution in [-0.4, -0.2) is 91.2 Å². The molecule has 0 N–H and O–H groups in total. The van der Waals surface area contributed by atoms with E-state index in [0.29, 0.717) is 63.7 Å². The van der Waals surface area contributed by atoms with Gasteiger partial charge in [-0.25, -0.2) is 4.79 Å². The maximum Gasteiger partial charge on any atom is 0.410 e. The van der Waals surface area contributed by atoms with Crippen molar-refractivity contribution >= 4 is 17.9 Å². The van der Waals surface area contributed by atoms with Gasteiger partial charge in [0.1, 0.15) is 6.61 Å². The van der Waals surface area contributed by atoms with Crippen molar-refractivity contribution in [2.24, 2.45) is 0 Å². The molecule has 8 nitrogen and oxygen atoms in total. The van der Waals surface area contributed by atoms with Crippen molar-refractivity contribution in [1.82, 2.24) is 14.7 Å². The number of morpholine rings is 1. The lowest BCUT2D eigenvalue weighted by Crippen LogP contribution is -2.53. The summed E-state index contributed by atoms with van der Waals surface area (Å²) in [6.07, 6.45) is -0.298. The van der Waals surface area contributed by atoms with Gasteiger partial charge in [-0.2, -0.15) is 0 Å². The van der Waals surface area contributed by atoms with Gasteiger partial charge in [-0.1, -0.05) is 0 Å². The molecule has 138 valence electrons. The van der Waals surface area contributed by atoms with Crippen molar-refractivity contribution in [2.45, 2.75) is 6.04 Å². The average molecular weight is 359 g/mol. The van der Waals surface area contributed by atoms with Crippen LogP contribution in [0, 0.1) is 0 Å². The topological polar surface area (TPSA) is 79.4 Å². The van der Waals surface area contributed by atoms with Crippen LogP contribution >= 0.6 is 0 Å². The quantitative estimate of drug-likeness (QED) is 0.765. The second-order valence-electron chi connectivity index (χ2n) is 6.66. The summed E-state index contributed by atoms with van der Waals surface area (Å²) >= 11 is 0. The van der Waals surface area contributed by atoms with E-state index >= 15 is 0 Å². The van der Waals surface area contributed by atoms with Crippen LogP contribution in [0.15, 0.2) is 24.3 Å². The Morgan fingerprint density at radius 1 is 0.885 bits per heavy atom. The number of amides is 3. The van der Waals surface area contributed by atoms with E-state index in [0.717, 1.165) is 0 Å². The third-order valence-corrected chi connectivity index (χ3v) is 5.08. The van der Waals surface area contributed by atoms with Crippen LogP contribution in [0.1, 0.15) is 20.7 Å². The van der Waals surface area contributed by atoms with Gasteiger partial charge in [0, 0.05) is 43.9 Å². The van der Waals surface area contributed by atoms with E-state index in [2.05, 4.69) is 0 Å². The molecule has 0 aliphatic carbocycles. The molecule has 4 rings (SSSR count). The molecule has 26 heavy (non-hydrogen) atoms. The standard InChI is InChI=1S/C18H21N3O5/c22-16(19-7-9-25-10-8-19)13-1-3-14(4-2-13)17(23)20-5-6-21-15(11-20)12-26-18(21)24/h1-4,15H,5-12H2. The van der Waals surface area contributed by atoms with Crippen molar-refractivity contribution < 1.29 is 23.9 Å². The van der Waals surface area contributed by atoms with Crippen LogP contribution in [0.25, 0.3) is 0 Å². The summed E-state index contributed by atoms with van der Waals surface area (Å²) in [5.74, 6) is -0.128. The van der Waals surface area contributed by atoms with Gasteiger partial charge >= 0.3 is 6.09 Å². The Balaban J connectivity index is 1.41. The number of ether oxygens (including phenoxy) is 2. The van der Waals surface area contributed by atoms with Gasteiger partial charge in [0.25, 0.3) is 11.8 Å². The van der Waals surface area contributed by atoms with E-state index < -0.39 is 0 Å². The lowest BCUT2D eigenvalue weighted by atomic mass is 10.1. The average Bonchev–Trinajstić information content (AvgIpc) is 3.08. The van der Waals surface area contributed by atoms with Crippen LogP contribution in [0.5, 0.6) is 0 Å². The van der Waals surface area contributed by atoms with Crippen molar-refractivity contribution in [3.63, 3.8) is 0 Å². The first kappa shape index (κ1) is 16.8. The van der Waals surface area contributed by atoms with Gasteiger partial charge < -0.3 is 19.3 Å². The third kappa shape index (κ3) is 3.12. The predicted molar refractivity (Wildman–Crippen MR) is 90.9 cm³/mol. The minimum atomic E-state index is -0.298. The van der Waals surface area contributed by atoms with E-state index in [1.165, 1.54) is 0 Å². The minimum absolute atomic E-state index is 0.0393. The molecule has 1 atom stereocenters. The van der Waals surface area contributed by atoms with Gasteiger partial charge in [-0.15, -0.1) is 0 Å². The molecule has 3 aliphatic heterocycles. The second kappa shape index (κ2) is 6.95. The maximum absolute atomic E-state index is 12.7. The highest BCUT2D eigenvalue weighted by Gasteiger charge is 2.38. The fourth-order valence-corrected chi connectivity index (χ4v) is 3.56. The summed E-state index contributed by atoms with van der Waals surface area (Å²) in [4.78, 5) is 41.9. The van der Waals surface area contributed by atoms with E-state index in [1.807, 2.05) is 0 Å². The normalized spacial score (nSPS) is 22.8. The highest BCUT2D eigenvalue weighted by molar-refractivity contribution is 5.98. The maximum atomic E-state index is 12.7. The number of rotatable bonds is 2. The van der Waals surface area contributed by atoms with Crippen LogP contribution < -0.4 is 0 Å². The Morgan fingerprint density at radius 2 is 1.50 bits per heavy atom. The van der Waals surface area contributed by atoms with Gasteiger partial charge in [-0.05, 0) is 24.3 Å². The predicted octanol–water partition coefficient (Wildman–Crippen LogP) is 0.436. The van der Waals surface area contributed by atoms with E-state index in [-0.39, 0.29) is 23.9 Å². The van der Waals surface area contributed by atoms with E-state index in [4.69, 9.17) is 9.47 Å². The first-order valence-corrected chi connectivity index (χ1v) is 8.83. The van der Waals surface area contributed by atoms with Crippen molar-refractivity contribution in [1.29, 1.82) is 0 Å². The highest BCUT2D eigenvalue weighted by Crippen LogP contribution is 2.20. The third-order valence-electron chi connectivity index (χ3n) is 5.08. The summed E-state index contributed by atoms with van der Waals surface area (Å²) < 4.78 is 10.3. The van der Waals surface area contributed by atoms with Gasteiger partial charge in [0.2, 0.25) is 0 Å². The summed E-state index contributed by atoms with van der Waals surface area (Å²) in [6.45, 7) is 4.07. The zero-order valence-electron chi connectivity index (χ0n) is 14.4. The number of carbonyl (C=O) groups excluding carboxylic acids is 3. The first-order chi connectivity index (χ1) is 12.6. The summed E-state index contributed by atoms with van der Waals surface area (Å²) in [5.41, 5.74) is 1.12.